The molecule has 0 fully saturated rings. The summed E-state index contributed by atoms with van der Waals surface area (Å²) in [6, 6.07) is 17.2. The molecule has 0 spiro atoms. The van der Waals surface area contributed by atoms with Crippen molar-refractivity contribution in [3.05, 3.63) is 71.8 Å². The van der Waals surface area contributed by atoms with Crippen LogP contribution in [0.4, 0.5) is 0 Å². The second kappa shape index (κ2) is 6.40. The van der Waals surface area contributed by atoms with E-state index in [0.717, 1.165) is 11.8 Å². The average Bonchev–Trinajstić information content (AvgIpc) is 2.45. The lowest BCUT2D eigenvalue weighted by Gasteiger charge is -2.04. The van der Waals surface area contributed by atoms with Gasteiger partial charge in [0.2, 0.25) is 0 Å². The van der Waals surface area contributed by atoms with E-state index >= 15 is 0 Å². The summed E-state index contributed by atoms with van der Waals surface area (Å²) < 4.78 is 5.53. The topological polar surface area (TPSA) is 26.3 Å². The molecule has 0 N–H and O–H groups in total. The predicted molar refractivity (Wildman–Crippen MR) is 72.8 cm³/mol. The van der Waals surface area contributed by atoms with Crippen molar-refractivity contribution in [1.82, 2.24) is 0 Å². The van der Waals surface area contributed by atoms with E-state index in [9.17, 15) is 4.79 Å². The molecular formula is C16H14O2. The molecule has 90 valence electrons. The molecule has 18 heavy (non-hydrogen) atoms. The van der Waals surface area contributed by atoms with Crippen molar-refractivity contribution in [3.63, 3.8) is 0 Å². The van der Waals surface area contributed by atoms with Gasteiger partial charge >= 0.3 is 0 Å². The van der Waals surface area contributed by atoms with Crippen LogP contribution in [0, 0.1) is 0 Å². The summed E-state index contributed by atoms with van der Waals surface area (Å²) in [4.78, 5) is 10.8. The lowest BCUT2D eigenvalue weighted by atomic mass is 10.2. The molecule has 0 heterocycles. The van der Waals surface area contributed by atoms with Crippen LogP contribution in [0.1, 0.15) is 15.9 Å². The molecule has 0 radical (unpaired) electrons. The number of rotatable bonds is 5. The first-order valence-electron chi connectivity index (χ1n) is 5.79. The molecule has 2 rings (SSSR count). The molecule has 2 nitrogen and oxygen atoms in total. The Morgan fingerprint density at radius 1 is 0.944 bits per heavy atom. The molecule has 2 heteroatoms. The minimum atomic E-state index is 0.444. The van der Waals surface area contributed by atoms with Gasteiger partial charge in [-0.05, 0) is 23.8 Å². The van der Waals surface area contributed by atoms with Crippen LogP contribution >= 0.6 is 0 Å². The van der Waals surface area contributed by atoms with Crippen LogP contribution in [0.2, 0.25) is 0 Å². The fraction of sp³-hybridized carbons (Fsp3) is 0.0625. The monoisotopic (exact) mass is 238 g/mol. The van der Waals surface area contributed by atoms with E-state index in [1.807, 2.05) is 54.6 Å². The van der Waals surface area contributed by atoms with E-state index in [-0.39, 0.29) is 0 Å². The molecular weight excluding hydrogens is 224 g/mol. The quantitative estimate of drug-likeness (QED) is 0.744. The zero-order valence-corrected chi connectivity index (χ0v) is 9.95. The van der Waals surface area contributed by atoms with Crippen LogP contribution in [0.15, 0.2) is 60.7 Å². The summed E-state index contributed by atoms with van der Waals surface area (Å²) in [6.07, 6.45) is 4.72. The first-order chi connectivity index (χ1) is 8.90. The fourth-order valence-electron chi connectivity index (χ4n) is 1.60. The molecule has 2 aromatic rings. The lowest BCUT2D eigenvalue weighted by Crippen LogP contribution is -1.96. The van der Waals surface area contributed by atoms with Crippen LogP contribution in [-0.4, -0.2) is 12.9 Å². The summed E-state index contributed by atoms with van der Waals surface area (Å²) in [5.74, 6) is 0.616. The van der Waals surface area contributed by atoms with E-state index in [4.69, 9.17) is 4.74 Å². The minimum Gasteiger partial charge on any atom is -0.489 e. The number of hydrogen-bond acceptors (Lipinski definition) is 2. The standard InChI is InChI=1S/C16H14O2/c17-13-15-10-4-5-11-16(15)18-12-6-9-14-7-2-1-3-8-14/h1-11,13H,12H2. The van der Waals surface area contributed by atoms with E-state index in [1.54, 1.807) is 12.1 Å². The Hall–Kier alpha value is -2.35. The first kappa shape index (κ1) is 12.1. The first-order valence-corrected chi connectivity index (χ1v) is 5.79. The van der Waals surface area contributed by atoms with E-state index < -0.39 is 0 Å². The van der Waals surface area contributed by atoms with Gasteiger partial charge in [0.05, 0.1) is 5.56 Å². The van der Waals surface area contributed by atoms with E-state index in [2.05, 4.69) is 0 Å². The maximum Gasteiger partial charge on any atom is 0.153 e. The fourth-order valence-corrected chi connectivity index (χ4v) is 1.60. The van der Waals surface area contributed by atoms with Crippen molar-refractivity contribution in [2.24, 2.45) is 0 Å². The molecule has 0 saturated heterocycles. The van der Waals surface area contributed by atoms with Gasteiger partial charge in [0.25, 0.3) is 0 Å². The Kier molecular flexibility index (Phi) is 4.31. The van der Waals surface area contributed by atoms with Crippen molar-refractivity contribution in [2.45, 2.75) is 0 Å². The number of para-hydroxylation sites is 1. The summed E-state index contributed by atoms with van der Waals surface area (Å²) in [5.41, 5.74) is 1.70. The number of ether oxygens (including phenoxy) is 1. The number of hydrogen-bond donors (Lipinski definition) is 0. The molecule has 0 aliphatic rings. The summed E-state index contributed by atoms with van der Waals surface area (Å²) >= 11 is 0. The third-order valence-corrected chi connectivity index (χ3v) is 2.49. The van der Waals surface area contributed by atoms with Crippen molar-refractivity contribution in [3.8, 4) is 5.75 Å². The molecule has 0 amide bonds. The van der Waals surface area contributed by atoms with Gasteiger partial charge in [-0.15, -0.1) is 0 Å². The predicted octanol–water partition coefficient (Wildman–Crippen LogP) is 3.59. The summed E-state index contributed by atoms with van der Waals surface area (Å²) in [5, 5.41) is 0. The highest BCUT2D eigenvalue weighted by atomic mass is 16.5. The van der Waals surface area contributed by atoms with E-state index in [1.165, 1.54) is 0 Å². The third kappa shape index (κ3) is 3.32. The average molecular weight is 238 g/mol. The van der Waals surface area contributed by atoms with Crippen molar-refractivity contribution >= 4 is 12.4 Å². The SMILES string of the molecule is O=Cc1ccccc1OCC=Cc1ccccc1. The van der Waals surface area contributed by atoms with Gasteiger partial charge < -0.3 is 4.74 Å². The molecule has 0 bridgehead atoms. The summed E-state index contributed by atoms with van der Waals surface area (Å²) in [6.45, 7) is 0.444. The van der Waals surface area contributed by atoms with E-state index in [0.29, 0.717) is 17.9 Å². The van der Waals surface area contributed by atoms with Crippen LogP contribution in [0.5, 0.6) is 5.75 Å². The Morgan fingerprint density at radius 2 is 1.67 bits per heavy atom. The highest BCUT2D eigenvalue weighted by Gasteiger charge is 1.99. The van der Waals surface area contributed by atoms with Crippen molar-refractivity contribution < 1.29 is 9.53 Å². The smallest absolute Gasteiger partial charge is 0.153 e. The molecule has 0 atom stereocenters. The van der Waals surface area contributed by atoms with Gasteiger partial charge in [0.1, 0.15) is 12.4 Å². The highest BCUT2D eigenvalue weighted by Crippen LogP contribution is 2.15. The normalized spacial score (nSPS) is 10.4. The molecule has 0 saturated carbocycles. The van der Waals surface area contributed by atoms with Crippen LogP contribution in [0.3, 0.4) is 0 Å². The van der Waals surface area contributed by atoms with Gasteiger partial charge in [-0.3, -0.25) is 4.79 Å². The molecule has 0 aromatic heterocycles. The van der Waals surface area contributed by atoms with Gasteiger partial charge in [-0.2, -0.15) is 0 Å². The second-order valence-electron chi connectivity index (χ2n) is 3.78. The molecule has 2 aromatic carbocycles. The van der Waals surface area contributed by atoms with Gasteiger partial charge in [-0.25, -0.2) is 0 Å². The Morgan fingerprint density at radius 3 is 2.44 bits per heavy atom. The van der Waals surface area contributed by atoms with Crippen molar-refractivity contribution in [2.75, 3.05) is 6.61 Å². The second-order valence-corrected chi connectivity index (χ2v) is 3.78. The van der Waals surface area contributed by atoms with Crippen molar-refractivity contribution in [1.29, 1.82) is 0 Å². The maximum absolute atomic E-state index is 10.8. The lowest BCUT2D eigenvalue weighted by molar-refractivity contribution is 0.112. The van der Waals surface area contributed by atoms with Gasteiger partial charge in [0, 0.05) is 0 Å². The van der Waals surface area contributed by atoms with Crippen LogP contribution in [0.25, 0.3) is 6.08 Å². The molecule has 0 aliphatic carbocycles. The minimum absolute atomic E-state index is 0.444. The van der Waals surface area contributed by atoms with Gasteiger partial charge in [-0.1, -0.05) is 48.5 Å². The maximum atomic E-state index is 10.8. The Labute approximate surface area is 107 Å². The zero-order valence-electron chi connectivity index (χ0n) is 9.95. The number of aldehydes is 1. The third-order valence-electron chi connectivity index (χ3n) is 2.49. The van der Waals surface area contributed by atoms with Crippen LogP contribution in [-0.2, 0) is 0 Å². The molecule has 0 aliphatic heterocycles. The number of carbonyl (C=O) groups excluding carboxylic acids is 1. The van der Waals surface area contributed by atoms with Crippen LogP contribution < -0.4 is 4.74 Å². The number of carbonyl (C=O) groups is 1. The highest BCUT2D eigenvalue weighted by molar-refractivity contribution is 5.79. The summed E-state index contributed by atoms with van der Waals surface area (Å²) in [7, 11) is 0. The zero-order chi connectivity index (χ0) is 12.6. The Balaban J connectivity index is 1.92. The Bertz CT molecular complexity index is 530. The largest absolute Gasteiger partial charge is 0.489 e. The molecule has 0 unspecified atom stereocenters. The van der Waals surface area contributed by atoms with Gasteiger partial charge in [0.15, 0.2) is 6.29 Å². The number of benzene rings is 2.